The highest BCUT2D eigenvalue weighted by Gasteiger charge is 2.32. The van der Waals surface area contributed by atoms with Gasteiger partial charge in [0.05, 0.1) is 11.0 Å². The van der Waals surface area contributed by atoms with Gasteiger partial charge in [-0.25, -0.2) is 4.99 Å². The molecule has 1 fully saturated rings. The van der Waals surface area contributed by atoms with Gasteiger partial charge in [0.2, 0.25) is 0 Å². The van der Waals surface area contributed by atoms with E-state index in [4.69, 9.17) is 9.73 Å². The Morgan fingerprint density at radius 1 is 1.03 bits per heavy atom. The number of hydrogen-bond acceptors (Lipinski definition) is 5. The number of rotatable bonds is 3. The molecular weight excluding hydrogens is 378 g/mol. The fraction of sp³-hybridized carbons (Fsp3) is 0.417. The highest BCUT2D eigenvalue weighted by Crippen LogP contribution is 2.39. The maximum absolute atomic E-state index is 11.5. The van der Waals surface area contributed by atoms with Crippen molar-refractivity contribution in [2.75, 3.05) is 32.7 Å². The molecule has 0 bridgehead atoms. The molecule has 2 aromatic carbocycles. The minimum Gasteiger partial charge on any atom is -0.481 e. The number of piperazine rings is 1. The van der Waals surface area contributed by atoms with Crippen molar-refractivity contribution < 1.29 is 14.6 Å². The van der Waals surface area contributed by atoms with E-state index < -0.39 is 11.4 Å². The standard InChI is InChI=1S/C24H29N3O3/c1-16-6-8-20-18(13-16)22(25-19-7-5-17(2)14-21(19)30-20)27-11-9-26(10-12-27)15-24(3,4)23(28)29/h5-8,13-14H,9-12,15H2,1-4H3,(H,28,29). The average Bonchev–Trinajstić information content (AvgIpc) is 2.84. The Balaban J connectivity index is 1.62. The van der Waals surface area contributed by atoms with Crippen LogP contribution in [0.3, 0.4) is 0 Å². The van der Waals surface area contributed by atoms with Gasteiger partial charge >= 0.3 is 5.97 Å². The smallest absolute Gasteiger partial charge is 0.310 e. The summed E-state index contributed by atoms with van der Waals surface area (Å²) in [5, 5.41) is 9.44. The van der Waals surface area contributed by atoms with Crippen molar-refractivity contribution in [2.45, 2.75) is 27.7 Å². The van der Waals surface area contributed by atoms with E-state index in [0.29, 0.717) is 6.54 Å². The van der Waals surface area contributed by atoms with Gasteiger partial charge in [-0.2, -0.15) is 0 Å². The predicted molar refractivity (Wildman–Crippen MR) is 118 cm³/mol. The van der Waals surface area contributed by atoms with E-state index in [9.17, 15) is 9.90 Å². The van der Waals surface area contributed by atoms with Crippen molar-refractivity contribution in [1.82, 2.24) is 9.80 Å². The van der Waals surface area contributed by atoms with Crippen LogP contribution in [0.1, 0.15) is 30.5 Å². The Morgan fingerprint density at radius 2 is 1.70 bits per heavy atom. The fourth-order valence-electron chi connectivity index (χ4n) is 3.98. The molecule has 0 unspecified atom stereocenters. The van der Waals surface area contributed by atoms with Crippen LogP contribution >= 0.6 is 0 Å². The number of aliphatic carboxylic acids is 1. The number of amidine groups is 1. The van der Waals surface area contributed by atoms with Crippen LogP contribution in [-0.2, 0) is 4.79 Å². The maximum Gasteiger partial charge on any atom is 0.310 e. The topological polar surface area (TPSA) is 65.4 Å². The second kappa shape index (κ2) is 7.76. The molecule has 0 amide bonds. The van der Waals surface area contributed by atoms with Gasteiger partial charge < -0.3 is 14.7 Å². The van der Waals surface area contributed by atoms with Crippen LogP contribution in [0.2, 0.25) is 0 Å². The lowest BCUT2D eigenvalue weighted by Gasteiger charge is -2.39. The van der Waals surface area contributed by atoms with Gasteiger partial charge in [0.15, 0.2) is 5.75 Å². The first-order valence-electron chi connectivity index (χ1n) is 10.4. The maximum atomic E-state index is 11.5. The van der Waals surface area contributed by atoms with E-state index in [1.165, 1.54) is 0 Å². The second-order valence-electron chi connectivity index (χ2n) is 8.96. The molecule has 0 atom stereocenters. The molecule has 0 aliphatic carbocycles. The Labute approximate surface area is 177 Å². The molecule has 2 aliphatic heterocycles. The molecule has 158 valence electrons. The lowest BCUT2D eigenvalue weighted by molar-refractivity contribution is -0.148. The summed E-state index contributed by atoms with van der Waals surface area (Å²) < 4.78 is 6.26. The molecule has 30 heavy (non-hydrogen) atoms. The summed E-state index contributed by atoms with van der Waals surface area (Å²) in [6.07, 6.45) is 0. The van der Waals surface area contributed by atoms with Gasteiger partial charge in [0, 0.05) is 32.7 Å². The molecule has 6 nitrogen and oxygen atoms in total. The Kier molecular flexibility index (Phi) is 5.28. The quantitative estimate of drug-likeness (QED) is 0.825. The molecule has 0 aromatic heterocycles. The van der Waals surface area contributed by atoms with Crippen molar-refractivity contribution in [3.05, 3.63) is 53.1 Å². The largest absolute Gasteiger partial charge is 0.481 e. The first-order chi connectivity index (χ1) is 14.2. The van der Waals surface area contributed by atoms with Crippen molar-refractivity contribution in [3.63, 3.8) is 0 Å². The Hall–Kier alpha value is -2.86. The van der Waals surface area contributed by atoms with Crippen molar-refractivity contribution >= 4 is 17.5 Å². The van der Waals surface area contributed by atoms with Crippen molar-refractivity contribution in [2.24, 2.45) is 10.4 Å². The van der Waals surface area contributed by atoms with Crippen LogP contribution in [-0.4, -0.2) is 59.4 Å². The number of nitrogens with zero attached hydrogens (tertiary/aromatic N) is 3. The summed E-state index contributed by atoms with van der Waals surface area (Å²) in [6, 6.07) is 12.3. The monoisotopic (exact) mass is 407 g/mol. The third-order valence-corrected chi connectivity index (χ3v) is 5.81. The lowest BCUT2D eigenvalue weighted by atomic mass is 9.93. The summed E-state index contributed by atoms with van der Waals surface area (Å²) in [6.45, 7) is 11.4. The zero-order valence-corrected chi connectivity index (χ0v) is 18.1. The molecule has 6 heteroatoms. The summed E-state index contributed by atoms with van der Waals surface area (Å²) in [4.78, 5) is 21.0. The number of aliphatic imine (C=N–C) groups is 1. The van der Waals surface area contributed by atoms with E-state index >= 15 is 0 Å². The van der Waals surface area contributed by atoms with Crippen LogP contribution < -0.4 is 4.74 Å². The Morgan fingerprint density at radius 3 is 2.40 bits per heavy atom. The molecule has 0 radical (unpaired) electrons. The Bertz CT molecular complexity index is 1000. The predicted octanol–water partition coefficient (Wildman–Crippen LogP) is 4.22. The van der Waals surface area contributed by atoms with E-state index in [2.05, 4.69) is 34.9 Å². The lowest BCUT2D eigenvalue weighted by Crippen LogP contribution is -2.52. The van der Waals surface area contributed by atoms with Crippen LogP contribution in [0.15, 0.2) is 41.4 Å². The van der Waals surface area contributed by atoms with Gasteiger partial charge in [-0.15, -0.1) is 0 Å². The molecule has 2 aromatic rings. The summed E-state index contributed by atoms with van der Waals surface area (Å²) in [5.74, 6) is 1.76. The molecule has 2 heterocycles. The van der Waals surface area contributed by atoms with E-state index in [0.717, 1.165) is 65.9 Å². The third-order valence-electron chi connectivity index (χ3n) is 5.81. The number of carboxylic acids is 1. The second-order valence-corrected chi connectivity index (χ2v) is 8.96. The molecule has 0 spiro atoms. The average molecular weight is 408 g/mol. The third kappa shape index (κ3) is 4.05. The highest BCUT2D eigenvalue weighted by atomic mass is 16.5. The number of carboxylic acid groups (broad SMARTS) is 1. The van der Waals surface area contributed by atoms with Crippen molar-refractivity contribution in [1.29, 1.82) is 0 Å². The van der Waals surface area contributed by atoms with Crippen LogP contribution in [0.5, 0.6) is 11.5 Å². The normalized spacial score (nSPS) is 16.8. The van der Waals surface area contributed by atoms with Crippen LogP contribution in [0.4, 0.5) is 5.69 Å². The van der Waals surface area contributed by atoms with Gasteiger partial charge in [0.25, 0.3) is 0 Å². The molecule has 2 aliphatic rings. The number of aryl methyl sites for hydroxylation is 2. The minimum atomic E-state index is -0.758. The summed E-state index contributed by atoms with van der Waals surface area (Å²) in [7, 11) is 0. The zero-order valence-electron chi connectivity index (χ0n) is 18.1. The van der Waals surface area contributed by atoms with E-state index in [1.54, 1.807) is 13.8 Å². The van der Waals surface area contributed by atoms with Crippen LogP contribution in [0.25, 0.3) is 0 Å². The molecule has 0 saturated carbocycles. The number of carbonyl (C=O) groups is 1. The van der Waals surface area contributed by atoms with E-state index in [-0.39, 0.29) is 0 Å². The first-order valence-corrected chi connectivity index (χ1v) is 10.4. The number of fused-ring (bicyclic) bond motifs is 2. The molecule has 1 N–H and O–H groups in total. The van der Waals surface area contributed by atoms with Gasteiger partial charge in [0.1, 0.15) is 17.3 Å². The number of ether oxygens (including phenoxy) is 1. The minimum absolute atomic E-state index is 0.545. The SMILES string of the molecule is Cc1ccc2c(c1)Oc1ccc(C)cc1C(N1CCN(CC(C)(C)C(=O)O)CC1)=N2. The first kappa shape index (κ1) is 20.4. The number of benzene rings is 2. The van der Waals surface area contributed by atoms with Crippen LogP contribution in [0, 0.1) is 19.3 Å². The van der Waals surface area contributed by atoms with Crippen molar-refractivity contribution in [3.8, 4) is 11.5 Å². The van der Waals surface area contributed by atoms with Gasteiger partial charge in [-0.1, -0.05) is 17.7 Å². The summed E-state index contributed by atoms with van der Waals surface area (Å²) >= 11 is 0. The highest BCUT2D eigenvalue weighted by molar-refractivity contribution is 6.04. The van der Waals surface area contributed by atoms with Gasteiger partial charge in [-0.05, 0) is 57.5 Å². The zero-order chi connectivity index (χ0) is 21.5. The summed E-state index contributed by atoms with van der Waals surface area (Å²) in [5.41, 5.74) is 3.38. The molecular formula is C24H29N3O3. The van der Waals surface area contributed by atoms with E-state index in [1.807, 2.05) is 25.1 Å². The molecule has 4 rings (SSSR count). The number of hydrogen-bond donors (Lipinski definition) is 1. The van der Waals surface area contributed by atoms with Gasteiger partial charge in [-0.3, -0.25) is 9.69 Å². The molecule has 1 saturated heterocycles. The fourth-order valence-corrected chi connectivity index (χ4v) is 3.98.